The molecule has 0 radical (unpaired) electrons. The molecule has 5 nitrogen and oxygen atoms in total. The highest BCUT2D eigenvalue weighted by Gasteiger charge is 2.17. The third-order valence-electron chi connectivity index (χ3n) is 2.26. The van der Waals surface area contributed by atoms with Crippen LogP contribution < -0.4 is 10.6 Å². The minimum absolute atomic E-state index is 0.218. The van der Waals surface area contributed by atoms with Gasteiger partial charge < -0.3 is 15.7 Å². The molecule has 0 heterocycles. The summed E-state index contributed by atoms with van der Waals surface area (Å²) in [5, 5.41) is 8.80. The minimum Gasteiger partial charge on any atom is -0.480 e. The Morgan fingerprint density at radius 1 is 1.24 bits per heavy atom. The molecule has 0 aliphatic rings. The molecular formula is C12H16N2O3. The maximum absolute atomic E-state index is 11.8. The van der Waals surface area contributed by atoms with Crippen LogP contribution in [0.15, 0.2) is 30.3 Å². The Kier molecular flexibility index (Phi) is 5.16. The second kappa shape index (κ2) is 6.65. The monoisotopic (exact) mass is 236 g/mol. The van der Waals surface area contributed by atoms with Crippen molar-refractivity contribution in [3.63, 3.8) is 0 Å². The van der Waals surface area contributed by atoms with E-state index >= 15 is 0 Å². The van der Waals surface area contributed by atoms with Gasteiger partial charge in [0, 0.05) is 12.1 Å². The second-order valence-corrected chi connectivity index (χ2v) is 3.60. The van der Waals surface area contributed by atoms with Crippen molar-refractivity contribution in [1.29, 1.82) is 0 Å². The fourth-order valence-electron chi connectivity index (χ4n) is 1.45. The quantitative estimate of drug-likeness (QED) is 0.766. The third kappa shape index (κ3) is 4.24. The van der Waals surface area contributed by atoms with Crippen LogP contribution >= 0.6 is 0 Å². The number of nitrogens with zero attached hydrogens (tertiary/aromatic N) is 1. The molecule has 92 valence electrons. The van der Waals surface area contributed by atoms with E-state index < -0.39 is 5.97 Å². The van der Waals surface area contributed by atoms with Gasteiger partial charge in [0.1, 0.15) is 6.54 Å². The van der Waals surface area contributed by atoms with Crippen LogP contribution in [0.1, 0.15) is 12.8 Å². The highest BCUT2D eigenvalue weighted by molar-refractivity contribution is 5.97. The molecule has 0 aliphatic heterocycles. The Balaban J connectivity index is 2.80. The number of para-hydroxylation sites is 1. The summed E-state index contributed by atoms with van der Waals surface area (Å²) in [5.74, 6) is -1.25. The molecule has 1 aromatic rings. The zero-order valence-electron chi connectivity index (χ0n) is 9.50. The predicted octanol–water partition coefficient (Wildman–Crippen LogP) is 0.843. The van der Waals surface area contributed by atoms with E-state index in [0.29, 0.717) is 18.7 Å². The van der Waals surface area contributed by atoms with Gasteiger partial charge in [-0.2, -0.15) is 0 Å². The minimum atomic E-state index is -1.03. The number of aliphatic carboxylic acids is 1. The third-order valence-corrected chi connectivity index (χ3v) is 2.26. The molecule has 1 rings (SSSR count). The zero-order valence-corrected chi connectivity index (χ0v) is 9.50. The van der Waals surface area contributed by atoms with Crippen molar-refractivity contribution >= 4 is 17.6 Å². The molecule has 3 N–H and O–H groups in total. The lowest BCUT2D eigenvalue weighted by atomic mass is 10.2. The molecule has 5 heteroatoms. The standard InChI is InChI=1S/C12H16N2O3/c13-8-4-7-11(15)14(9-12(16)17)10-5-2-1-3-6-10/h1-3,5-6H,4,7-9,13H2,(H,16,17). The highest BCUT2D eigenvalue weighted by Crippen LogP contribution is 2.14. The number of carbonyl (C=O) groups excluding carboxylic acids is 1. The predicted molar refractivity (Wildman–Crippen MR) is 64.7 cm³/mol. The van der Waals surface area contributed by atoms with Gasteiger partial charge in [-0.05, 0) is 25.1 Å². The number of hydrogen-bond donors (Lipinski definition) is 2. The normalized spacial score (nSPS) is 9.94. The number of benzene rings is 1. The summed E-state index contributed by atoms with van der Waals surface area (Å²) >= 11 is 0. The fourth-order valence-corrected chi connectivity index (χ4v) is 1.45. The summed E-state index contributed by atoms with van der Waals surface area (Å²) in [6.45, 7) is 0.0921. The average Bonchev–Trinajstić information content (AvgIpc) is 2.34. The molecule has 0 spiro atoms. The Morgan fingerprint density at radius 2 is 1.88 bits per heavy atom. The average molecular weight is 236 g/mol. The first-order chi connectivity index (χ1) is 8.15. The molecule has 0 saturated carbocycles. The Hall–Kier alpha value is -1.88. The molecule has 0 bridgehead atoms. The van der Waals surface area contributed by atoms with E-state index in [1.165, 1.54) is 4.90 Å². The van der Waals surface area contributed by atoms with Crippen LogP contribution in [0.5, 0.6) is 0 Å². The first kappa shape index (κ1) is 13.2. The van der Waals surface area contributed by atoms with E-state index in [1.54, 1.807) is 24.3 Å². The van der Waals surface area contributed by atoms with Crippen molar-refractivity contribution in [2.45, 2.75) is 12.8 Å². The van der Waals surface area contributed by atoms with Crippen LogP contribution in [0.25, 0.3) is 0 Å². The lowest BCUT2D eigenvalue weighted by molar-refractivity contribution is -0.136. The number of hydrogen-bond acceptors (Lipinski definition) is 3. The van der Waals surface area contributed by atoms with Gasteiger partial charge >= 0.3 is 5.97 Å². The summed E-state index contributed by atoms with van der Waals surface area (Å²) in [6.07, 6.45) is 0.820. The van der Waals surface area contributed by atoms with Gasteiger partial charge in [-0.1, -0.05) is 18.2 Å². The van der Waals surface area contributed by atoms with Crippen molar-refractivity contribution < 1.29 is 14.7 Å². The van der Waals surface area contributed by atoms with E-state index in [-0.39, 0.29) is 18.9 Å². The zero-order chi connectivity index (χ0) is 12.7. The van der Waals surface area contributed by atoms with Gasteiger partial charge in [-0.15, -0.1) is 0 Å². The summed E-state index contributed by atoms with van der Waals surface area (Å²) in [6, 6.07) is 8.76. The molecule has 1 amide bonds. The number of carboxylic acid groups (broad SMARTS) is 1. The van der Waals surface area contributed by atoms with E-state index in [0.717, 1.165) is 0 Å². The number of nitrogens with two attached hydrogens (primary N) is 1. The van der Waals surface area contributed by atoms with Gasteiger partial charge in [0.2, 0.25) is 5.91 Å². The Bertz CT molecular complexity index is 379. The van der Waals surface area contributed by atoms with E-state index in [1.807, 2.05) is 6.07 Å². The largest absolute Gasteiger partial charge is 0.480 e. The Labute approximate surface area is 99.8 Å². The van der Waals surface area contributed by atoms with Crippen LogP contribution in [-0.2, 0) is 9.59 Å². The number of carbonyl (C=O) groups is 2. The summed E-state index contributed by atoms with van der Waals surface area (Å²) in [4.78, 5) is 23.8. The first-order valence-electron chi connectivity index (χ1n) is 5.42. The van der Waals surface area contributed by atoms with Crippen LogP contribution in [0.3, 0.4) is 0 Å². The second-order valence-electron chi connectivity index (χ2n) is 3.60. The number of anilines is 1. The number of rotatable bonds is 6. The molecule has 0 aliphatic carbocycles. The van der Waals surface area contributed by atoms with Crippen molar-refractivity contribution in [2.24, 2.45) is 5.73 Å². The molecule has 0 atom stereocenters. The smallest absolute Gasteiger partial charge is 0.323 e. The van der Waals surface area contributed by atoms with Crippen molar-refractivity contribution in [3.8, 4) is 0 Å². The van der Waals surface area contributed by atoms with Crippen molar-refractivity contribution in [1.82, 2.24) is 0 Å². The lowest BCUT2D eigenvalue weighted by Crippen LogP contribution is -2.35. The van der Waals surface area contributed by atoms with Gasteiger partial charge in [-0.3, -0.25) is 9.59 Å². The van der Waals surface area contributed by atoms with E-state index in [4.69, 9.17) is 10.8 Å². The van der Waals surface area contributed by atoms with Crippen LogP contribution in [-0.4, -0.2) is 30.1 Å². The molecule has 0 aromatic heterocycles. The van der Waals surface area contributed by atoms with Gasteiger partial charge in [0.05, 0.1) is 0 Å². The molecule has 0 unspecified atom stereocenters. The van der Waals surface area contributed by atoms with Gasteiger partial charge in [0.25, 0.3) is 0 Å². The summed E-state index contributed by atoms with van der Waals surface area (Å²) in [5.41, 5.74) is 5.92. The lowest BCUT2D eigenvalue weighted by Gasteiger charge is -2.20. The van der Waals surface area contributed by atoms with Gasteiger partial charge in [-0.25, -0.2) is 0 Å². The number of amides is 1. The molecular weight excluding hydrogens is 220 g/mol. The topological polar surface area (TPSA) is 83.6 Å². The first-order valence-corrected chi connectivity index (χ1v) is 5.42. The van der Waals surface area contributed by atoms with Gasteiger partial charge in [0.15, 0.2) is 0 Å². The molecule has 0 saturated heterocycles. The van der Waals surface area contributed by atoms with E-state index in [9.17, 15) is 9.59 Å². The highest BCUT2D eigenvalue weighted by atomic mass is 16.4. The summed E-state index contributed by atoms with van der Waals surface area (Å²) in [7, 11) is 0. The molecule has 0 fully saturated rings. The maximum atomic E-state index is 11.8. The molecule has 1 aromatic carbocycles. The van der Waals surface area contributed by atoms with E-state index in [2.05, 4.69) is 0 Å². The van der Waals surface area contributed by atoms with Crippen LogP contribution in [0.2, 0.25) is 0 Å². The molecule has 17 heavy (non-hydrogen) atoms. The van der Waals surface area contributed by atoms with Crippen LogP contribution in [0.4, 0.5) is 5.69 Å². The summed E-state index contributed by atoms with van der Waals surface area (Å²) < 4.78 is 0. The van der Waals surface area contributed by atoms with Crippen molar-refractivity contribution in [3.05, 3.63) is 30.3 Å². The number of carboxylic acids is 1. The fraction of sp³-hybridized carbons (Fsp3) is 0.333. The SMILES string of the molecule is NCCCC(=O)N(CC(=O)O)c1ccccc1. The van der Waals surface area contributed by atoms with Crippen molar-refractivity contribution in [2.75, 3.05) is 18.0 Å². The maximum Gasteiger partial charge on any atom is 0.323 e. The Morgan fingerprint density at radius 3 is 2.41 bits per heavy atom. The van der Waals surface area contributed by atoms with Crippen LogP contribution in [0, 0.1) is 0 Å².